The van der Waals surface area contributed by atoms with Crippen LogP contribution < -0.4 is 5.73 Å². The van der Waals surface area contributed by atoms with Gasteiger partial charge in [0.05, 0.1) is 6.20 Å². The molecule has 0 aliphatic heterocycles. The van der Waals surface area contributed by atoms with Gasteiger partial charge in [-0.2, -0.15) is 9.61 Å². The number of aryl methyl sites for hydroxylation is 1. The van der Waals surface area contributed by atoms with Gasteiger partial charge in [0.15, 0.2) is 5.65 Å². The smallest absolute Gasteiger partial charge is 0.157 e. The van der Waals surface area contributed by atoms with Crippen LogP contribution >= 0.6 is 0 Å². The molecule has 2 rings (SSSR count). The van der Waals surface area contributed by atoms with Crippen LogP contribution in [0.1, 0.15) is 11.3 Å². The highest BCUT2D eigenvalue weighted by Gasteiger charge is 2.08. The highest BCUT2D eigenvalue weighted by atomic mass is 15.3. The van der Waals surface area contributed by atoms with E-state index in [0.717, 1.165) is 23.3 Å². The molecule has 0 saturated carbocycles. The number of anilines is 1. The number of fused-ring (bicyclic) bond motifs is 1. The Hall–Kier alpha value is -1.84. The Balaban J connectivity index is 2.75. The van der Waals surface area contributed by atoms with E-state index in [9.17, 15) is 0 Å². The summed E-state index contributed by atoms with van der Waals surface area (Å²) in [4.78, 5) is 4.39. The molecule has 0 atom stereocenters. The van der Waals surface area contributed by atoms with Gasteiger partial charge >= 0.3 is 0 Å². The number of nitrogens with two attached hydrogens (primary N) is 1. The molecule has 2 aromatic rings. The lowest BCUT2D eigenvalue weighted by Gasteiger charge is -2.08. The summed E-state index contributed by atoms with van der Waals surface area (Å²) in [5.74, 6) is 0.650. The van der Waals surface area contributed by atoms with E-state index in [1.807, 2.05) is 19.1 Å². The zero-order valence-corrected chi connectivity index (χ0v) is 8.07. The Morgan fingerprint density at radius 2 is 2.43 bits per heavy atom. The molecule has 2 N–H and O–H groups in total. The molecule has 72 valence electrons. The van der Waals surface area contributed by atoms with Crippen LogP contribution in [0.25, 0.3) is 5.65 Å². The maximum Gasteiger partial charge on any atom is 0.157 e. The highest BCUT2D eigenvalue weighted by Crippen LogP contribution is 2.17. The van der Waals surface area contributed by atoms with Crippen LogP contribution in [0.3, 0.4) is 0 Å². The van der Waals surface area contributed by atoms with Gasteiger partial charge in [-0.05, 0) is 13.3 Å². The molecule has 0 aromatic carbocycles. The lowest BCUT2D eigenvalue weighted by Crippen LogP contribution is -2.07. The first kappa shape index (κ1) is 8.74. The SMILES string of the molecule is C=CCc1c(C)nc2ccnn2c1N. The third-order valence-electron chi connectivity index (χ3n) is 2.23. The van der Waals surface area contributed by atoms with Crippen molar-refractivity contribution < 1.29 is 0 Å². The van der Waals surface area contributed by atoms with Gasteiger partial charge in [0.1, 0.15) is 5.82 Å². The van der Waals surface area contributed by atoms with Gasteiger partial charge in [-0.15, -0.1) is 6.58 Å². The average molecular weight is 188 g/mol. The standard InChI is InChI=1S/C10H12N4/c1-3-4-8-7(2)13-9-5-6-12-14(9)10(8)11/h3,5-6H,1,4,11H2,2H3. The minimum atomic E-state index is 0.650. The zero-order chi connectivity index (χ0) is 10.1. The second kappa shape index (κ2) is 3.14. The predicted octanol–water partition coefficient (Wildman–Crippen LogP) is 1.35. The topological polar surface area (TPSA) is 56.2 Å². The number of nitrogens with zero attached hydrogens (tertiary/aromatic N) is 3. The first-order chi connectivity index (χ1) is 6.74. The van der Waals surface area contributed by atoms with Crippen LogP contribution in [-0.4, -0.2) is 14.6 Å². The first-order valence-electron chi connectivity index (χ1n) is 4.43. The monoisotopic (exact) mass is 188 g/mol. The molecule has 14 heavy (non-hydrogen) atoms. The zero-order valence-electron chi connectivity index (χ0n) is 8.07. The number of hydrogen-bond acceptors (Lipinski definition) is 3. The molecule has 0 radical (unpaired) electrons. The van der Waals surface area contributed by atoms with E-state index in [1.165, 1.54) is 0 Å². The number of rotatable bonds is 2. The van der Waals surface area contributed by atoms with Crippen molar-refractivity contribution in [1.29, 1.82) is 0 Å². The number of aromatic nitrogens is 3. The van der Waals surface area contributed by atoms with Gasteiger partial charge in [0.2, 0.25) is 0 Å². The number of hydrogen-bond donors (Lipinski definition) is 1. The molecule has 0 bridgehead atoms. The van der Waals surface area contributed by atoms with Gasteiger partial charge in [-0.3, -0.25) is 0 Å². The highest BCUT2D eigenvalue weighted by molar-refractivity contribution is 5.52. The number of nitrogen functional groups attached to an aromatic ring is 1. The molecular formula is C10H12N4. The molecule has 4 heteroatoms. The predicted molar refractivity (Wildman–Crippen MR) is 56.0 cm³/mol. The minimum absolute atomic E-state index is 0.650. The third kappa shape index (κ3) is 1.16. The third-order valence-corrected chi connectivity index (χ3v) is 2.23. The van der Waals surface area contributed by atoms with E-state index in [1.54, 1.807) is 10.7 Å². The molecule has 4 nitrogen and oxygen atoms in total. The molecule has 2 heterocycles. The fourth-order valence-electron chi connectivity index (χ4n) is 1.52. The summed E-state index contributed by atoms with van der Waals surface area (Å²) in [7, 11) is 0. The van der Waals surface area contributed by atoms with Gasteiger partial charge in [0.25, 0.3) is 0 Å². The van der Waals surface area contributed by atoms with Crippen molar-refractivity contribution in [2.24, 2.45) is 0 Å². The van der Waals surface area contributed by atoms with Crippen molar-refractivity contribution in [3.8, 4) is 0 Å². The van der Waals surface area contributed by atoms with Crippen molar-refractivity contribution in [1.82, 2.24) is 14.6 Å². The molecular weight excluding hydrogens is 176 g/mol. The average Bonchev–Trinajstić information content (AvgIpc) is 2.60. The van der Waals surface area contributed by atoms with Gasteiger partial charge in [-0.25, -0.2) is 4.98 Å². The van der Waals surface area contributed by atoms with E-state index < -0.39 is 0 Å². The molecule has 0 unspecified atom stereocenters. The Kier molecular flexibility index (Phi) is 1.96. The van der Waals surface area contributed by atoms with Crippen molar-refractivity contribution in [3.63, 3.8) is 0 Å². The normalized spacial score (nSPS) is 10.6. The van der Waals surface area contributed by atoms with Crippen LogP contribution in [0, 0.1) is 6.92 Å². The summed E-state index contributed by atoms with van der Waals surface area (Å²) < 4.78 is 1.64. The van der Waals surface area contributed by atoms with Crippen molar-refractivity contribution >= 4 is 11.5 Å². The molecule has 2 aromatic heterocycles. The van der Waals surface area contributed by atoms with E-state index in [4.69, 9.17) is 5.73 Å². The van der Waals surface area contributed by atoms with Crippen LogP contribution in [0.4, 0.5) is 5.82 Å². The Labute approximate surface area is 82.1 Å². The fourth-order valence-corrected chi connectivity index (χ4v) is 1.52. The van der Waals surface area contributed by atoms with Crippen molar-refractivity contribution in [3.05, 3.63) is 36.2 Å². The Bertz CT molecular complexity index is 484. The minimum Gasteiger partial charge on any atom is -0.383 e. The van der Waals surface area contributed by atoms with Gasteiger partial charge in [-0.1, -0.05) is 6.08 Å². The maximum absolute atomic E-state index is 5.96. The summed E-state index contributed by atoms with van der Waals surface area (Å²) in [6.45, 7) is 5.64. The van der Waals surface area contributed by atoms with Gasteiger partial charge in [0, 0.05) is 17.3 Å². The maximum atomic E-state index is 5.96. The summed E-state index contributed by atoms with van der Waals surface area (Å²) in [6.07, 6.45) is 4.23. The quantitative estimate of drug-likeness (QED) is 0.724. The van der Waals surface area contributed by atoms with E-state index in [2.05, 4.69) is 16.7 Å². The number of allylic oxidation sites excluding steroid dienone is 1. The second-order valence-electron chi connectivity index (χ2n) is 3.16. The van der Waals surface area contributed by atoms with Crippen LogP contribution in [-0.2, 0) is 6.42 Å². The molecule has 0 aliphatic rings. The van der Waals surface area contributed by atoms with E-state index in [0.29, 0.717) is 5.82 Å². The van der Waals surface area contributed by atoms with Crippen molar-refractivity contribution in [2.45, 2.75) is 13.3 Å². The molecule has 0 aliphatic carbocycles. The second-order valence-corrected chi connectivity index (χ2v) is 3.16. The lowest BCUT2D eigenvalue weighted by molar-refractivity contribution is 0.920. The summed E-state index contributed by atoms with van der Waals surface area (Å²) in [5.41, 5.74) is 8.68. The summed E-state index contributed by atoms with van der Waals surface area (Å²) in [6, 6.07) is 1.83. The molecule has 0 saturated heterocycles. The first-order valence-corrected chi connectivity index (χ1v) is 4.43. The van der Waals surface area contributed by atoms with Crippen LogP contribution in [0.15, 0.2) is 24.9 Å². The molecule has 0 spiro atoms. The molecule has 0 fully saturated rings. The lowest BCUT2D eigenvalue weighted by atomic mass is 10.1. The van der Waals surface area contributed by atoms with Gasteiger partial charge < -0.3 is 5.73 Å². The summed E-state index contributed by atoms with van der Waals surface area (Å²) >= 11 is 0. The molecule has 0 amide bonds. The fraction of sp³-hybridized carbons (Fsp3) is 0.200. The van der Waals surface area contributed by atoms with Crippen molar-refractivity contribution in [2.75, 3.05) is 5.73 Å². The summed E-state index contributed by atoms with van der Waals surface area (Å²) in [5, 5.41) is 4.10. The Morgan fingerprint density at radius 1 is 1.64 bits per heavy atom. The Morgan fingerprint density at radius 3 is 3.14 bits per heavy atom. The van der Waals surface area contributed by atoms with Crippen LogP contribution in [0.2, 0.25) is 0 Å². The largest absolute Gasteiger partial charge is 0.383 e. The van der Waals surface area contributed by atoms with E-state index in [-0.39, 0.29) is 0 Å². The van der Waals surface area contributed by atoms with Crippen LogP contribution in [0.5, 0.6) is 0 Å². The van der Waals surface area contributed by atoms with E-state index >= 15 is 0 Å².